The van der Waals surface area contributed by atoms with Crippen LogP contribution in [0.25, 0.3) is 0 Å². The molecule has 0 radical (unpaired) electrons. The summed E-state index contributed by atoms with van der Waals surface area (Å²) in [6, 6.07) is 0. The molecule has 0 aliphatic rings. The van der Waals surface area contributed by atoms with Gasteiger partial charge in [-0.3, -0.25) is 0 Å². The molecule has 0 aliphatic carbocycles. The first-order chi connectivity index (χ1) is 5.76. The summed E-state index contributed by atoms with van der Waals surface area (Å²) in [6.45, 7) is 11.8. The second kappa shape index (κ2) is 10.7. The monoisotopic (exact) mass is 184 g/mol. The molecule has 0 aliphatic heterocycles. The third kappa shape index (κ3) is 6.37. The molecule has 0 saturated carbocycles. The second-order valence-electron chi connectivity index (χ2n) is 2.03. The smallest absolute Gasteiger partial charge is 0.0274 e. The molecule has 1 heteroatoms. The average molecular weight is 184 g/mol. The first-order valence-electron chi connectivity index (χ1n) is 4.50. The lowest BCUT2D eigenvalue weighted by molar-refractivity contribution is 1.13. The maximum atomic E-state index is 3.63. The summed E-state index contributed by atoms with van der Waals surface area (Å²) >= 11 is 0. The molecule has 0 aromatic carbocycles. The van der Waals surface area contributed by atoms with Crippen molar-refractivity contribution < 1.29 is 0 Å². The van der Waals surface area contributed by atoms with Crippen molar-refractivity contribution in [1.82, 2.24) is 0 Å². The van der Waals surface area contributed by atoms with Crippen LogP contribution in [0.2, 0.25) is 0 Å². The molecule has 70 valence electrons. The highest BCUT2D eigenvalue weighted by molar-refractivity contribution is 7.23. The van der Waals surface area contributed by atoms with Crippen LogP contribution in [0.3, 0.4) is 0 Å². The van der Waals surface area contributed by atoms with Gasteiger partial charge >= 0.3 is 0 Å². The minimum Gasteiger partial charge on any atom is -0.105 e. The van der Waals surface area contributed by atoms with Gasteiger partial charge in [-0.2, -0.15) is 0 Å². The Morgan fingerprint density at radius 3 is 2.17 bits per heavy atom. The minimum atomic E-state index is 1.08. The SMILES string of the molecule is C=C/C=C(P)\C(=C/C)CC.CC. The van der Waals surface area contributed by atoms with E-state index in [0.717, 1.165) is 6.42 Å². The van der Waals surface area contributed by atoms with Gasteiger partial charge in [-0.25, -0.2) is 0 Å². The van der Waals surface area contributed by atoms with E-state index in [1.807, 2.05) is 26.0 Å². The van der Waals surface area contributed by atoms with Crippen LogP contribution >= 0.6 is 9.24 Å². The number of hydrogen-bond donors (Lipinski definition) is 0. The Kier molecular flexibility index (Phi) is 12.6. The summed E-state index contributed by atoms with van der Waals surface area (Å²) in [5.74, 6) is 0. The Hall–Kier alpha value is -0.350. The third-order valence-electron chi connectivity index (χ3n) is 1.40. The lowest BCUT2D eigenvalue weighted by atomic mass is 10.2. The fraction of sp³-hybridized carbons (Fsp3) is 0.455. The number of hydrogen-bond acceptors (Lipinski definition) is 0. The molecule has 1 atom stereocenters. The van der Waals surface area contributed by atoms with Gasteiger partial charge in [-0.15, -0.1) is 9.24 Å². The predicted octanol–water partition coefficient (Wildman–Crippen LogP) is 4.31. The maximum Gasteiger partial charge on any atom is -0.0274 e. The van der Waals surface area contributed by atoms with Gasteiger partial charge in [-0.05, 0) is 24.2 Å². The van der Waals surface area contributed by atoms with Gasteiger partial charge in [0, 0.05) is 0 Å². The summed E-state index contributed by atoms with van der Waals surface area (Å²) in [7, 11) is 2.70. The summed E-state index contributed by atoms with van der Waals surface area (Å²) in [6.07, 6.45) is 7.02. The molecule has 0 fully saturated rings. The molecule has 0 rings (SSSR count). The molecule has 0 heterocycles. The summed E-state index contributed by atoms with van der Waals surface area (Å²) < 4.78 is 0. The lowest BCUT2D eigenvalue weighted by Gasteiger charge is -2.01. The lowest BCUT2D eigenvalue weighted by Crippen LogP contribution is -1.77. The zero-order valence-corrected chi connectivity index (χ0v) is 9.88. The molecule has 1 unspecified atom stereocenters. The zero-order valence-electron chi connectivity index (χ0n) is 8.72. The van der Waals surface area contributed by atoms with Gasteiger partial charge in [0.1, 0.15) is 0 Å². The third-order valence-corrected chi connectivity index (χ3v) is 1.96. The molecule has 0 aromatic rings. The predicted molar refractivity (Wildman–Crippen MR) is 63.4 cm³/mol. The Morgan fingerprint density at radius 1 is 1.42 bits per heavy atom. The molecule has 0 amide bonds. The molecule has 0 N–H and O–H groups in total. The molecular weight excluding hydrogens is 163 g/mol. The Bertz CT molecular complexity index is 164. The molecule has 0 bridgehead atoms. The molecule has 12 heavy (non-hydrogen) atoms. The van der Waals surface area contributed by atoms with Crippen LogP contribution in [-0.2, 0) is 0 Å². The molecular formula is C11H21P. The van der Waals surface area contributed by atoms with Crippen molar-refractivity contribution in [3.05, 3.63) is 35.7 Å². The fourth-order valence-corrected chi connectivity index (χ4v) is 1.32. The highest BCUT2D eigenvalue weighted by Gasteiger charge is 1.92. The normalized spacial score (nSPS) is 11.8. The minimum absolute atomic E-state index is 1.08. The van der Waals surface area contributed by atoms with Crippen molar-refractivity contribution in [2.24, 2.45) is 0 Å². The average Bonchev–Trinajstić information content (AvgIpc) is 2.11. The van der Waals surface area contributed by atoms with Crippen molar-refractivity contribution in [2.75, 3.05) is 0 Å². The van der Waals surface area contributed by atoms with Crippen LogP contribution < -0.4 is 0 Å². The van der Waals surface area contributed by atoms with Gasteiger partial charge in [-0.1, -0.05) is 45.6 Å². The first kappa shape index (κ1) is 14.2. The van der Waals surface area contributed by atoms with E-state index >= 15 is 0 Å². The molecule has 0 saturated heterocycles. The van der Waals surface area contributed by atoms with E-state index < -0.39 is 0 Å². The van der Waals surface area contributed by atoms with Crippen molar-refractivity contribution in [3.8, 4) is 0 Å². The Morgan fingerprint density at radius 2 is 1.92 bits per heavy atom. The van der Waals surface area contributed by atoms with E-state index in [1.54, 1.807) is 0 Å². The standard InChI is InChI=1S/C9H15P.C2H6/c1-4-7-9(10)8(5-2)6-3;1-2/h4-5,7H,1,6,10H2,2-3H3;1-2H3/b8-5-,9-7+;. The van der Waals surface area contributed by atoms with Gasteiger partial charge in [0.2, 0.25) is 0 Å². The van der Waals surface area contributed by atoms with Crippen LogP contribution in [0.1, 0.15) is 34.1 Å². The van der Waals surface area contributed by atoms with E-state index in [1.165, 1.54) is 10.9 Å². The Balaban J connectivity index is 0. The first-order valence-corrected chi connectivity index (χ1v) is 5.07. The van der Waals surface area contributed by atoms with Crippen molar-refractivity contribution in [2.45, 2.75) is 34.1 Å². The topological polar surface area (TPSA) is 0 Å². The van der Waals surface area contributed by atoms with E-state index in [-0.39, 0.29) is 0 Å². The Labute approximate surface area is 79.7 Å². The number of allylic oxidation sites excluding steroid dienone is 5. The van der Waals surface area contributed by atoms with Gasteiger partial charge in [0.05, 0.1) is 0 Å². The molecule has 0 nitrogen and oxygen atoms in total. The maximum absolute atomic E-state index is 3.63. The van der Waals surface area contributed by atoms with Crippen LogP contribution in [0.5, 0.6) is 0 Å². The van der Waals surface area contributed by atoms with Gasteiger partial charge in [0.15, 0.2) is 0 Å². The van der Waals surface area contributed by atoms with E-state index in [9.17, 15) is 0 Å². The van der Waals surface area contributed by atoms with Crippen LogP contribution in [0.15, 0.2) is 35.7 Å². The fourth-order valence-electron chi connectivity index (χ4n) is 0.809. The molecule has 0 aromatic heterocycles. The van der Waals surface area contributed by atoms with Crippen molar-refractivity contribution >= 4 is 9.24 Å². The highest BCUT2D eigenvalue weighted by atomic mass is 31.0. The van der Waals surface area contributed by atoms with Crippen LogP contribution in [-0.4, -0.2) is 0 Å². The quantitative estimate of drug-likeness (QED) is 0.453. The van der Waals surface area contributed by atoms with Crippen molar-refractivity contribution in [3.63, 3.8) is 0 Å². The summed E-state index contributed by atoms with van der Waals surface area (Å²) in [5, 5.41) is 1.24. The van der Waals surface area contributed by atoms with Crippen LogP contribution in [0, 0.1) is 0 Å². The summed E-state index contributed by atoms with van der Waals surface area (Å²) in [4.78, 5) is 0. The van der Waals surface area contributed by atoms with Crippen LogP contribution in [0.4, 0.5) is 0 Å². The van der Waals surface area contributed by atoms with E-state index in [2.05, 4.69) is 35.7 Å². The van der Waals surface area contributed by atoms with Crippen molar-refractivity contribution in [1.29, 1.82) is 0 Å². The molecule has 0 spiro atoms. The summed E-state index contributed by atoms with van der Waals surface area (Å²) in [5.41, 5.74) is 1.37. The highest BCUT2D eigenvalue weighted by Crippen LogP contribution is 2.19. The van der Waals surface area contributed by atoms with Gasteiger partial charge < -0.3 is 0 Å². The zero-order chi connectivity index (χ0) is 9.98. The second-order valence-corrected chi connectivity index (χ2v) is 2.65. The van der Waals surface area contributed by atoms with E-state index in [0.29, 0.717) is 0 Å². The van der Waals surface area contributed by atoms with Gasteiger partial charge in [0.25, 0.3) is 0 Å². The van der Waals surface area contributed by atoms with E-state index in [4.69, 9.17) is 0 Å². The number of rotatable bonds is 3. The largest absolute Gasteiger partial charge is 0.105 e.